The maximum Gasteiger partial charge on any atom is 0.263 e. The highest BCUT2D eigenvalue weighted by molar-refractivity contribution is 6.12. The van der Waals surface area contributed by atoms with E-state index < -0.39 is 6.17 Å². The zero-order chi connectivity index (χ0) is 21.1. The number of pyridine rings is 1. The molecule has 11 heteroatoms. The summed E-state index contributed by atoms with van der Waals surface area (Å²) in [5.41, 5.74) is 7.82. The number of carbonyl (C=O) groups is 1. The van der Waals surface area contributed by atoms with Gasteiger partial charge in [-0.15, -0.1) is 0 Å². The lowest BCUT2D eigenvalue weighted by Crippen LogP contribution is -2.56. The van der Waals surface area contributed by atoms with Crippen molar-refractivity contribution in [2.45, 2.75) is 37.3 Å². The summed E-state index contributed by atoms with van der Waals surface area (Å²) in [6.45, 7) is 3.72. The second kappa shape index (κ2) is 7.06. The number of alkyl halides is 1. The van der Waals surface area contributed by atoms with Gasteiger partial charge in [0.25, 0.3) is 5.91 Å². The van der Waals surface area contributed by atoms with Crippen molar-refractivity contribution >= 4 is 28.9 Å². The fourth-order valence-electron chi connectivity index (χ4n) is 4.98. The Labute approximate surface area is 178 Å². The van der Waals surface area contributed by atoms with Gasteiger partial charge in [0.15, 0.2) is 5.82 Å². The van der Waals surface area contributed by atoms with E-state index in [0.717, 1.165) is 38.4 Å². The van der Waals surface area contributed by atoms with Gasteiger partial charge in [-0.05, 0) is 12.5 Å². The summed E-state index contributed by atoms with van der Waals surface area (Å²) in [6.07, 6.45) is 3.45. The van der Waals surface area contributed by atoms with E-state index >= 15 is 0 Å². The van der Waals surface area contributed by atoms with Gasteiger partial charge in [-0.25, -0.2) is 9.07 Å². The van der Waals surface area contributed by atoms with Crippen molar-refractivity contribution in [3.63, 3.8) is 0 Å². The molecule has 1 aliphatic carbocycles. The van der Waals surface area contributed by atoms with Crippen LogP contribution in [0.1, 0.15) is 16.8 Å². The number of rotatable bonds is 4. The number of hydrogen-bond donors (Lipinski definition) is 3. The van der Waals surface area contributed by atoms with Crippen LogP contribution in [0, 0.1) is 0 Å². The van der Waals surface area contributed by atoms with Crippen LogP contribution >= 0.6 is 0 Å². The third-order valence-corrected chi connectivity index (χ3v) is 6.66. The number of nitrogens with zero attached hydrogens (tertiary/aromatic N) is 5. The molecular formula is C20H25FN8O2. The van der Waals surface area contributed by atoms with Crippen molar-refractivity contribution < 1.29 is 13.9 Å². The van der Waals surface area contributed by atoms with E-state index in [9.17, 15) is 9.18 Å². The van der Waals surface area contributed by atoms with Crippen LogP contribution in [0.2, 0.25) is 0 Å². The zero-order valence-electron chi connectivity index (χ0n) is 17.0. The van der Waals surface area contributed by atoms with Gasteiger partial charge in [0.05, 0.1) is 43.4 Å². The van der Waals surface area contributed by atoms with Crippen LogP contribution in [-0.2, 0) is 11.3 Å². The number of halogens is 1. The standard InChI is InChI=1S/C20H25FN8O2/c21-11-6-24-19-17(18(22)26-29(19)8-11)20(30)25-13-7-23-2-1-14(13)28-4-3-27(12-9-31-10-12)15-5-16(15)28/h1-2,7,11-12,15-16,24H,3-6,8-10H2,(H2,22,26)(H,25,30). The maximum atomic E-state index is 13.7. The number of nitrogens with two attached hydrogens (primary N) is 1. The SMILES string of the molecule is Nc1nn2c(c1C(=O)Nc1cnccc1N1CCN(C3COC3)C3CC31)NCC(F)C2. The molecule has 1 saturated carbocycles. The van der Waals surface area contributed by atoms with Crippen LogP contribution in [0.5, 0.6) is 0 Å². The molecule has 3 fully saturated rings. The van der Waals surface area contributed by atoms with E-state index in [1.165, 1.54) is 4.68 Å². The molecule has 5 heterocycles. The van der Waals surface area contributed by atoms with Gasteiger partial charge >= 0.3 is 0 Å². The lowest BCUT2D eigenvalue weighted by molar-refractivity contribution is -0.0701. The third-order valence-electron chi connectivity index (χ3n) is 6.66. The number of amides is 1. The van der Waals surface area contributed by atoms with Crippen molar-refractivity contribution in [3.05, 3.63) is 24.0 Å². The first-order valence-electron chi connectivity index (χ1n) is 10.7. The quantitative estimate of drug-likeness (QED) is 0.647. The summed E-state index contributed by atoms with van der Waals surface area (Å²) < 4.78 is 20.4. The smallest absolute Gasteiger partial charge is 0.263 e. The van der Waals surface area contributed by atoms with Crippen LogP contribution in [0.15, 0.2) is 18.5 Å². The maximum absolute atomic E-state index is 13.7. The Hall–Kier alpha value is -2.92. The fraction of sp³-hybridized carbons (Fsp3) is 0.550. The van der Waals surface area contributed by atoms with Crippen LogP contribution in [-0.4, -0.2) is 82.7 Å². The zero-order valence-corrected chi connectivity index (χ0v) is 17.0. The van der Waals surface area contributed by atoms with Crippen LogP contribution in [0.4, 0.5) is 27.4 Å². The van der Waals surface area contributed by atoms with E-state index in [1.54, 1.807) is 12.4 Å². The average molecular weight is 428 g/mol. The molecule has 1 amide bonds. The highest BCUT2D eigenvalue weighted by Crippen LogP contribution is 2.43. The Morgan fingerprint density at radius 3 is 3.00 bits per heavy atom. The predicted octanol–water partition coefficient (Wildman–Crippen LogP) is 0.538. The second-order valence-electron chi connectivity index (χ2n) is 8.61. The van der Waals surface area contributed by atoms with Gasteiger partial charge in [0.2, 0.25) is 0 Å². The number of hydrogen-bond acceptors (Lipinski definition) is 8. The second-order valence-corrected chi connectivity index (χ2v) is 8.61. The number of ether oxygens (including phenoxy) is 1. The highest BCUT2D eigenvalue weighted by Gasteiger charge is 2.52. The summed E-state index contributed by atoms with van der Waals surface area (Å²) in [4.78, 5) is 22.3. The van der Waals surface area contributed by atoms with E-state index in [2.05, 4.69) is 30.5 Å². The molecule has 0 bridgehead atoms. The number of anilines is 4. The molecule has 2 aromatic rings. The Bertz CT molecular complexity index is 1020. The Kier molecular flexibility index (Phi) is 4.29. The molecule has 4 aliphatic rings. The topological polar surface area (TPSA) is 114 Å². The minimum Gasteiger partial charge on any atom is -0.381 e. The molecule has 3 aliphatic heterocycles. The summed E-state index contributed by atoms with van der Waals surface area (Å²) in [7, 11) is 0. The molecule has 0 aromatic carbocycles. The molecule has 3 atom stereocenters. The molecule has 4 N–H and O–H groups in total. The van der Waals surface area contributed by atoms with Gasteiger partial charge in [-0.1, -0.05) is 0 Å². The van der Waals surface area contributed by atoms with Gasteiger partial charge in [-0.3, -0.25) is 14.7 Å². The lowest BCUT2D eigenvalue weighted by Gasteiger charge is -2.43. The molecule has 3 unspecified atom stereocenters. The molecule has 2 saturated heterocycles. The fourth-order valence-corrected chi connectivity index (χ4v) is 4.98. The molecule has 6 rings (SSSR count). The normalized spacial score (nSPS) is 27.6. The Balaban J connectivity index is 1.23. The third kappa shape index (κ3) is 3.10. The summed E-state index contributed by atoms with van der Waals surface area (Å²) >= 11 is 0. The average Bonchev–Trinajstić information content (AvgIpc) is 3.44. The van der Waals surface area contributed by atoms with Gasteiger partial charge < -0.3 is 26.0 Å². The van der Waals surface area contributed by atoms with E-state index in [0.29, 0.717) is 29.6 Å². The van der Waals surface area contributed by atoms with Crippen molar-refractivity contribution in [1.82, 2.24) is 19.7 Å². The minimum atomic E-state index is -1.07. The van der Waals surface area contributed by atoms with Gasteiger partial charge in [-0.2, -0.15) is 5.10 Å². The van der Waals surface area contributed by atoms with Crippen molar-refractivity contribution in [3.8, 4) is 0 Å². The molecule has 164 valence electrons. The number of carbonyl (C=O) groups excluding carboxylic acids is 1. The monoisotopic (exact) mass is 428 g/mol. The molecule has 10 nitrogen and oxygen atoms in total. The van der Waals surface area contributed by atoms with Crippen molar-refractivity contribution in [2.24, 2.45) is 0 Å². The van der Waals surface area contributed by atoms with Crippen molar-refractivity contribution in [2.75, 3.05) is 54.1 Å². The lowest BCUT2D eigenvalue weighted by atomic mass is 10.1. The van der Waals surface area contributed by atoms with Crippen LogP contribution < -0.4 is 21.3 Å². The molecule has 0 radical (unpaired) electrons. The van der Waals surface area contributed by atoms with E-state index in [-0.39, 0.29) is 30.4 Å². The number of piperazine rings is 1. The highest BCUT2D eigenvalue weighted by atomic mass is 19.1. The molecule has 2 aromatic heterocycles. The number of nitrogen functional groups attached to an aromatic ring is 1. The van der Waals surface area contributed by atoms with Gasteiger partial charge in [0, 0.05) is 37.9 Å². The minimum absolute atomic E-state index is 0.0807. The van der Waals surface area contributed by atoms with Crippen LogP contribution in [0.25, 0.3) is 0 Å². The van der Waals surface area contributed by atoms with Crippen molar-refractivity contribution in [1.29, 1.82) is 0 Å². The first-order valence-corrected chi connectivity index (χ1v) is 10.7. The van der Waals surface area contributed by atoms with Crippen LogP contribution in [0.3, 0.4) is 0 Å². The molecular weight excluding hydrogens is 403 g/mol. The molecule has 31 heavy (non-hydrogen) atoms. The predicted molar refractivity (Wildman–Crippen MR) is 113 cm³/mol. The van der Waals surface area contributed by atoms with Gasteiger partial charge in [0.1, 0.15) is 17.6 Å². The number of nitrogens with one attached hydrogen (secondary N) is 2. The van der Waals surface area contributed by atoms with E-state index in [4.69, 9.17) is 10.5 Å². The Morgan fingerprint density at radius 1 is 1.32 bits per heavy atom. The Morgan fingerprint density at radius 2 is 2.19 bits per heavy atom. The number of aromatic nitrogens is 3. The number of fused-ring (bicyclic) bond motifs is 2. The largest absolute Gasteiger partial charge is 0.381 e. The summed E-state index contributed by atoms with van der Waals surface area (Å²) in [5, 5.41) is 10.0. The summed E-state index contributed by atoms with van der Waals surface area (Å²) in [5.74, 6) is 0.154. The summed E-state index contributed by atoms with van der Waals surface area (Å²) in [6, 6.07) is 3.46. The van der Waals surface area contributed by atoms with E-state index in [1.807, 2.05) is 6.07 Å². The first kappa shape index (κ1) is 18.8. The molecule has 0 spiro atoms. The first-order chi connectivity index (χ1) is 15.1.